The maximum absolute atomic E-state index is 12.7. The second-order valence-electron chi connectivity index (χ2n) is 6.49. The molecule has 1 aliphatic heterocycles. The van der Waals surface area contributed by atoms with Crippen LogP contribution in [0.4, 0.5) is 0 Å². The van der Waals surface area contributed by atoms with E-state index in [4.69, 9.17) is 0 Å². The molecule has 0 saturated heterocycles. The molecule has 0 spiro atoms. The molecule has 1 aliphatic rings. The third kappa shape index (κ3) is 2.88. The zero-order valence-corrected chi connectivity index (χ0v) is 14.5. The Bertz CT molecular complexity index is 607. The van der Waals surface area contributed by atoms with Gasteiger partial charge in [-0.2, -0.15) is 0 Å². The van der Waals surface area contributed by atoms with Gasteiger partial charge in [-0.05, 0) is 48.9 Å². The van der Waals surface area contributed by atoms with Crippen LogP contribution in [0.2, 0.25) is 0 Å². The van der Waals surface area contributed by atoms with Gasteiger partial charge in [0, 0.05) is 6.04 Å². The van der Waals surface area contributed by atoms with Crippen molar-refractivity contribution < 1.29 is 8.42 Å². The molecule has 21 heavy (non-hydrogen) atoms. The minimum absolute atomic E-state index is 0.0801. The number of hydrogen-bond acceptors (Lipinski definition) is 3. The second kappa shape index (κ2) is 6.09. The lowest BCUT2D eigenvalue weighted by Gasteiger charge is -2.36. The van der Waals surface area contributed by atoms with Crippen LogP contribution in [0.5, 0.6) is 0 Å². The SMILES string of the molecule is CCCNC1c2cc(C(C)C)ccc2S(=O)(=O)C(C)C1C. The van der Waals surface area contributed by atoms with E-state index in [0.29, 0.717) is 10.8 Å². The average molecular weight is 309 g/mol. The Labute approximate surface area is 129 Å². The molecule has 0 amide bonds. The van der Waals surface area contributed by atoms with Crippen molar-refractivity contribution in [3.63, 3.8) is 0 Å². The van der Waals surface area contributed by atoms with E-state index < -0.39 is 9.84 Å². The minimum atomic E-state index is -3.21. The summed E-state index contributed by atoms with van der Waals surface area (Å²) in [6.45, 7) is 11.2. The lowest BCUT2D eigenvalue weighted by molar-refractivity contribution is 0.358. The summed E-state index contributed by atoms with van der Waals surface area (Å²) in [5.74, 6) is 0.482. The first-order chi connectivity index (χ1) is 9.80. The van der Waals surface area contributed by atoms with Gasteiger partial charge in [-0.25, -0.2) is 8.42 Å². The van der Waals surface area contributed by atoms with Crippen molar-refractivity contribution >= 4 is 9.84 Å². The van der Waals surface area contributed by atoms with Crippen molar-refractivity contribution in [2.75, 3.05) is 6.54 Å². The second-order valence-corrected chi connectivity index (χ2v) is 8.77. The predicted octanol–water partition coefficient (Wildman–Crippen LogP) is 3.66. The van der Waals surface area contributed by atoms with Crippen LogP contribution in [0, 0.1) is 5.92 Å². The van der Waals surface area contributed by atoms with Crippen molar-refractivity contribution in [3.8, 4) is 0 Å². The topological polar surface area (TPSA) is 46.2 Å². The van der Waals surface area contributed by atoms with Crippen LogP contribution in [0.1, 0.15) is 64.1 Å². The van der Waals surface area contributed by atoms with E-state index in [2.05, 4.69) is 32.2 Å². The Morgan fingerprint density at radius 2 is 1.90 bits per heavy atom. The van der Waals surface area contributed by atoms with E-state index in [-0.39, 0.29) is 17.2 Å². The maximum atomic E-state index is 12.7. The van der Waals surface area contributed by atoms with Gasteiger partial charge in [0.2, 0.25) is 0 Å². The van der Waals surface area contributed by atoms with Crippen molar-refractivity contribution in [1.82, 2.24) is 5.32 Å². The molecule has 1 heterocycles. The number of rotatable bonds is 4. The summed E-state index contributed by atoms with van der Waals surface area (Å²) in [5.41, 5.74) is 2.16. The molecule has 4 heteroatoms. The molecule has 1 N–H and O–H groups in total. The highest BCUT2D eigenvalue weighted by atomic mass is 32.2. The van der Waals surface area contributed by atoms with Crippen LogP contribution < -0.4 is 5.32 Å². The van der Waals surface area contributed by atoms with Crippen molar-refractivity contribution in [2.24, 2.45) is 5.92 Å². The standard InChI is InChI=1S/C17H27NO2S/c1-6-9-18-17-12(4)13(5)21(19,20)16-8-7-14(11(2)3)10-15(16)17/h7-8,10-13,17-18H,6,9H2,1-5H3. The maximum Gasteiger partial charge on any atom is 0.181 e. The highest BCUT2D eigenvalue weighted by molar-refractivity contribution is 7.92. The minimum Gasteiger partial charge on any atom is -0.310 e. The number of sulfone groups is 1. The number of hydrogen-bond donors (Lipinski definition) is 1. The van der Waals surface area contributed by atoms with Crippen molar-refractivity contribution in [1.29, 1.82) is 0 Å². The molecule has 2 rings (SSSR count). The first kappa shape index (κ1) is 16.5. The fraction of sp³-hybridized carbons (Fsp3) is 0.647. The van der Waals surface area contributed by atoms with Gasteiger partial charge in [-0.15, -0.1) is 0 Å². The van der Waals surface area contributed by atoms with Crippen molar-refractivity contribution in [3.05, 3.63) is 29.3 Å². The van der Waals surface area contributed by atoms with E-state index in [1.807, 2.05) is 26.0 Å². The smallest absolute Gasteiger partial charge is 0.181 e. The van der Waals surface area contributed by atoms with E-state index in [1.165, 1.54) is 5.56 Å². The summed E-state index contributed by atoms with van der Waals surface area (Å²) in [6, 6.07) is 5.98. The predicted molar refractivity (Wildman–Crippen MR) is 87.4 cm³/mol. The van der Waals surface area contributed by atoms with Gasteiger partial charge in [0.25, 0.3) is 0 Å². The summed E-state index contributed by atoms with van der Waals surface area (Å²) < 4.78 is 25.4. The molecule has 0 bridgehead atoms. The van der Waals surface area contributed by atoms with E-state index >= 15 is 0 Å². The van der Waals surface area contributed by atoms with Gasteiger partial charge < -0.3 is 5.32 Å². The van der Waals surface area contributed by atoms with E-state index in [9.17, 15) is 8.42 Å². The van der Waals surface area contributed by atoms with Crippen LogP contribution in [-0.2, 0) is 9.84 Å². The molecule has 0 aliphatic carbocycles. The molecule has 3 nitrogen and oxygen atoms in total. The molecule has 0 aromatic heterocycles. The van der Waals surface area contributed by atoms with Crippen LogP contribution in [0.3, 0.4) is 0 Å². The quantitative estimate of drug-likeness (QED) is 0.923. The van der Waals surface area contributed by atoms with Gasteiger partial charge in [-0.1, -0.05) is 39.8 Å². The van der Waals surface area contributed by atoms with Gasteiger partial charge in [0.05, 0.1) is 10.1 Å². The van der Waals surface area contributed by atoms with E-state index in [1.54, 1.807) is 0 Å². The molecular formula is C17H27NO2S. The Kier molecular flexibility index (Phi) is 4.79. The van der Waals surface area contributed by atoms with Crippen LogP contribution in [-0.4, -0.2) is 20.2 Å². The number of nitrogens with one attached hydrogen (secondary N) is 1. The van der Waals surface area contributed by atoms with Crippen molar-refractivity contribution in [2.45, 2.75) is 63.1 Å². The van der Waals surface area contributed by atoms with Crippen LogP contribution in [0.15, 0.2) is 23.1 Å². The molecule has 1 aromatic carbocycles. The number of fused-ring (bicyclic) bond motifs is 1. The van der Waals surface area contributed by atoms with Gasteiger partial charge in [0.15, 0.2) is 9.84 Å². The fourth-order valence-electron chi connectivity index (χ4n) is 3.06. The fourth-order valence-corrected chi connectivity index (χ4v) is 4.96. The first-order valence-corrected chi connectivity index (χ1v) is 9.46. The molecule has 118 valence electrons. The Morgan fingerprint density at radius 1 is 1.24 bits per heavy atom. The number of benzene rings is 1. The monoisotopic (exact) mass is 309 g/mol. The highest BCUT2D eigenvalue weighted by Gasteiger charge is 2.41. The molecule has 0 fully saturated rings. The van der Waals surface area contributed by atoms with Crippen LogP contribution in [0.25, 0.3) is 0 Å². The Hall–Kier alpha value is -0.870. The summed E-state index contributed by atoms with van der Waals surface area (Å²) in [7, 11) is -3.21. The lowest BCUT2D eigenvalue weighted by Crippen LogP contribution is -2.41. The largest absolute Gasteiger partial charge is 0.310 e. The summed E-state index contributed by atoms with van der Waals surface area (Å²) in [6.07, 6.45) is 1.05. The van der Waals surface area contributed by atoms with Crippen LogP contribution >= 0.6 is 0 Å². The normalized spacial score (nSPS) is 27.6. The Balaban J connectivity index is 2.58. The van der Waals surface area contributed by atoms with Gasteiger partial charge >= 0.3 is 0 Å². The molecule has 0 radical (unpaired) electrons. The van der Waals surface area contributed by atoms with E-state index in [0.717, 1.165) is 18.5 Å². The zero-order valence-electron chi connectivity index (χ0n) is 13.7. The summed E-state index contributed by atoms with van der Waals surface area (Å²) in [4.78, 5) is 0.520. The first-order valence-electron chi connectivity index (χ1n) is 7.91. The highest BCUT2D eigenvalue weighted by Crippen LogP contribution is 2.41. The Morgan fingerprint density at radius 3 is 2.48 bits per heavy atom. The zero-order chi connectivity index (χ0) is 15.8. The third-order valence-corrected chi connectivity index (χ3v) is 7.11. The molecule has 1 aromatic rings. The molecular weight excluding hydrogens is 282 g/mol. The average Bonchev–Trinajstić information content (AvgIpc) is 2.45. The third-order valence-electron chi connectivity index (χ3n) is 4.71. The molecule has 3 unspecified atom stereocenters. The van der Waals surface area contributed by atoms with Gasteiger partial charge in [-0.3, -0.25) is 0 Å². The summed E-state index contributed by atoms with van der Waals surface area (Å²) >= 11 is 0. The van der Waals surface area contributed by atoms with Gasteiger partial charge in [0.1, 0.15) is 0 Å². The lowest BCUT2D eigenvalue weighted by atomic mass is 9.89. The molecule has 3 atom stereocenters. The summed E-state index contributed by atoms with van der Waals surface area (Å²) in [5, 5.41) is 3.20. The molecule has 0 saturated carbocycles.